The fourth-order valence-corrected chi connectivity index (χ4v) is 10.7. The molecule has 7 heteroatoms. The number of halogens is 1. The Balaban J connectivity index is 1.54. The second kappa shape index (κ2) is 35.7. The second-order valence-electron chi connectivity index (χ2n) is 19.8. The molecule has 356 valence electrons. The number of benzene rings is 1. The Morgan fingerprint density at radius 3 is 1.10 bits per heavy atom. The van der Waals surface area contributed by atoms with Gasteiger partial charge in [-0.3, -0.25) is 4.79 Å². The van der Waals surface area contributed by atoms with E-state index in [-0.39, 0.29) is 17.0 Å². The van der Waals surface area contributed by atoms with Crippen LogP contribution >= 0.6 is 11.6 Å². The van der Waals surface area contributed by atoms with Crippen molar-refractivity contribution < 1.29 is 9.59 Å². The minimum absolute atomic E-state index is 0.162. The van der Waals surface area contributed by atoms with Gasteiger partial charge in [0.15, 0.2) is 0 Å². The topological polar surface area (TPSA) is 88.2 Å². The number of hydrogen-bond donors (Lipinski definition) is 0. The number of carbonyl (C=O) groups excluding carboxylic acids is 2. The molecular formula is C56H93ClN4O2. The van der Waals surface area contributed by atoms with Crippen LogP contribution in [0.15, 0.2) is 12.1 Å². The highest BCUT2D eigenvalue weighted by molar-refractivity contribution is 6.33. The first-order chi connectivity index (χ1) is 31.0. The molecule has 0 radical (unpaired) electrons. The summed E-state index contributed by atoms with van der Waals surface area (Å²) in [7, 11) is 0. The molecule has 3 rings (SSSR count). The summed E-state index contributed by atoms with van der Waals surface area (Å²) in [4.78, 5) is 32.4. The van der Waals surface area contributed by atoms with Gasteiger partial charge in [0.2, 0.25) is 0 Å². The van der Waals surface area contributed by atoms with Gasteiger partial charge in [-0.2, -0.15) is 10.5 Å². The van der Waals surface area contributed by atoms with Gasteiger partial charge in [-0.1, -0.05) is 262 Å². The highest BCUT2D eigenvalue weighted by Crippen LogP contribution is 2.42. The number of rotatable bonds is 4. The van der Waals surface area contributed by atoms with Gasteiger partial charge in [-0.25, -0.2) is 9.69 Å². The lowest BCUT2D eigenvalue weighted by molar-refractivity contribution is -0.126. The fourth-order valence-electron chi connectivity index (χ4n) is 10.5. The van der Waals surface area contributed by atoms with Crippen molar-refractivity contribution in [3.63, 3.8) is 0 Å². The predicted molar refractivity (Wildman–Crippen MR) is 267 cm³/mol. The molecule has 1 heterocycles. The standard InChI is InChI=1S/C56H93ClN4O2/c1-50-52(44-43-51(49-59)53(50)57)61-54(62)56(60(55(61)63)48-42-41-47-58)45-39-37-35-33-31-29-27-25-23-21-19-17-15-13-11-9-7-5-3-2-4-6-8-10-12-14-16-18-20-22-24-26-28-30-32-34-36-38-40-46-56/h43-44H,2-42,45-46,48H2,1H3. The summed E-state index contributed by atoms with van der Waals surface area (Å²) in [5.74, 6) is -0.162. The number of nitrogens with zero attached hydrogens (tertiary/aromatic N) is 4. The van der Waals surface area contributed by atoms with Crippen molar-refractivity contribution in [2.75, 3.05) is 11.4 Å². The third kappa shape index (κ3) is 21.5. The Bertz CT molecular complexity index is 1410. The maximum atomic E-state index is 14.8. The van der Waals surface area contributed by atoms with E-state index >= 15 is 0 Å². The van der Waals surface area contributed by atoms with E-state index in [1.165, 1.54) is 217 Å². The molecule has 1 aliphatic heterocycles. The number of nitriles is 2. The number of hydrogen-bond acceptors (Lipinski definition) is 4. The molecule has 1 aromatic rings. The lowest BCUT2D eigenvalue weighted by atomic mass is 9.84. The molecule has 0 atom stereocenters. The smallest absolute Gasteiger partial charge is 0.309 e. The first-order valence-electron chi connectivity index (χ1n) is 27.2. The van der Waals surface area contributed by atoms with Crippen molar-refractivity contribution >= 4 is 29.2 Å². The Morgan fingerprint density at radius 2 is 0.810 bits per heavy atom. The second-order valence-corrected chi connectivity index (χ2v) is 20.2. The molecule has 1 spiro atoms. The van der Waals surface area contributed by atoms with Crippen molar-refractivity contribution in [2.45, 2.75) is 289 Å². The minimum atomic E-state index is -0.925. The first-order valence-corrected chi connectivity index (χ1v) is 27.6. The molecule has 6 nitrogen and oxygen atoms in total. The van der Waals surface area contributed by atoms with Crippen LogP contribution in [0.1, 0.15) is 287 Å². The van der Waals surface area contributed by atoms with Crippen molar-refractivity contribution in [3.8, 4) is 12.1 Å². The normalized spacial score (nSPS) is 21.7. The van der Waals surface area contributed by atoms with E-state index in [2.05, 4.69) is 12.1 Å². The van der Waals surface area contributed by atoms with Crippen molar-refractivity contribution in [1.29, 1.82) is 10.5 Å². The highest BCUT2D eigenvalue weighted by Gasteiger charge is 2.56. The van der Waals surface area contributed by atoms with E-state index in [0.717, 1.165) is 38.5 Å². The maximum Gasteiger partial charge on any atom is 0.332 e. The zero-order chi connectivity index (χ0) is 45.1. The third-order valence-electron chi connectivity index (χ3n) is 14.6. The summed E-state index contributed by atoms with van der Waals surface area (Å²) in [6.45, 7) is 2.17. The number of unbranched alkanes of at least 4 members (excludes halogenated alkanes) is 1. The predicted octanol–water partition coefficient (Wildman–Crippen LogP) is 18.3. The lowest BCUT2D eigenvalue weighted by Gasteiger charge is -2.35. The van der Waals surface area contributed by atoms with Crippen LogP contribution in [-0.2, 0) is 4.79 Å². The van der Waals surface area contributed by atoms with Crippen molar-refractivity contribution in [1.82, 2.24) is 4.90 Å². The summed E-state index contributed by atoms with van der Waals surface area (Å²) in [6, 6.07) is 7.37. The first kappa shape index (κ1) is 54.8. The summed E-state index contributed by atoms with van der Waals surface area (Å²) in [6.07, 6.45) is 54.2. The Morgan fingerprint density at radius 1 is 0.508 bits per heavy atom. The molecule has 1 aliphatic carbocycles. The van der Waals surface area contributed by atoms with Crippen LogP contribution < -0.4 is 4.90 Å². The summed E-state index contributed by atoms with van der Waals surface area (Å²) >= 11 is 6.60. The van der Waals surface area contributed by atoms with Crippen molar-refractivity contribution in [2.24, 2.45) is 0 Å². The van der Waals surface area contributed by atoms with Gasteiger partial charge >= 0.3 is 6.03 Å². The van der Waals surface area contributed by atoms with Crippen LogP contribution in [0.2, 0.25) is 5.02 Å². The van der Waals surface area contributed by atoms with E-state index in [1.807, 2.05) is 4.90 Å². The number of carbonyl (C=O) groups is 2. The molecule has 1 saturated heterocycles. The quantitative estimate of drug-likeness (QED) is 0.222. The van der Waals surface area contributed by atoms with Gasteiger partial charge in [-0.05, 0) is 43.9 Å². The van der Waals surface area contributed by atoms with Crippen LogP contribution in [0.4, 0.5) is 10.5 Å². The Kier molecular flexibility index (Phi) is 31.0. The van der Waals surface area contributed by atoms with Gasteiger partial charge in [0.05, 0.1) is 22.3 Å². The van der Waals surface area contributed by atoms with Gasteiger partial charge in [0, 0.05) is 13.0 Å². The molecule has 63 heavy (non-hydrogen) atoms. The van der Waals surface area contributed by atoms with E-state index in [4.69, 9.17) is 11.6 Å². The average molecular weight is 890 g/mol. The van der Waals surface area contributed by atoms with Gasteiger partial charge in [0.1, 0.15) is 11.6 Å². The van der Waals surface area contributed by atoms with Gasteiger partial charge in [0.25, 0.3) is 5.91 Å². The molecule has 3 amide bonds. The number of amides is 3. The van der Waals surface area contributed by atoms with E-state index in [0.29, 0.717) is 49.0 Å². The molecular weight excluding hydrogens is 796 g/mol. The molecule has 0 N–H and O–H groups in total. The van der Waals surface area contributed by atoms with Crippen molar-refractivity contribution in [3.05, 3.63) is 28.3 Å². The zero-order valence-electron chi connectivity index (χ0n) is 40.8. The number of urea groups is 1. The largest absolute Gasteiger partial charge is 0.332 e. The van der Waals surface area contributed by atoms with Crippen LogP contribution in [0.3, 0.4) is 0 Å². The average Bonchev–Trinajstić information content (AvgIpc) is 3.48. The van der Waals surface area contributed by atoms with Crippen LogP contribution in [-0.4, -0.2) is 28.9 Å². The van der Waals surface area contributed by atoms with E-state index in [1.54, 1.807) is 19.1 Å². The molecule has 0 bridgehead atoms. The monoisotopic (exact) mass is 889 g/mol. The molecule has 2 fully saturated rings. The van der Waals surface area contributed by atoms with E-state index < -0.39 is 5.54 Å². The molecule has 0 unspecified atom stereocenters. The number of imide groups is 1. The third-order valence-corrected chi connectivity index (χ3v) is 15.1. The minimum Gasteiger partial charge on any atom is -0.309 e. The molecule has 1 saturated carbocycles. The van der Waals surface area contributed by atoms with Crippen LogP contribution in [0.5, 0.6) is 0 Å². The summed E-state index contributed by atoms with van der Waals surface area (Å²) in [5, 5.41) is 19.3. The van der Waals surface area contributed by atoms with Gasteiger partial charge in [-0.15, -0.1) is 0 Å². The highest BCUT2D eigenvalue weighted by atomic mass is 35.5. The SMILES string of the molecule is Cc1c(N2C(=O)N(CCCC#N)C3(CCCCCCCCCCCCCCCCCCCCCCCCCCCCCCCCCCCCCCCCC3)C2=O)ccc(C#N)c1Cl. The van der Waals surface area contributed by atoms with Gasteiger partial charge < -0.3 is 4.90 Å². The Hall–Kier alpha value is -2.57. The zero-order valence-corrected chi connectivity index (χ0v) is 41.5. The Labute approximate surface area is 393 Å². The molecule has 1 aromatic carbocycles. The van der Waals surface area contributed by atoms with E-state index in [9.17, 15) is 20.1 Å². The molecule has 2 aliphatic rings. The van der Waals surface area contributed by atoms with Crippen LogP contribution in [0.25, 0.3) is 0 Å². The van der Waals surface area contributed by atoms with Crippen LogP contribution in [0, 0.1) is 29.6 Å². The maximum absolute atomic E-state index is 14.8. The molecule has 0 aromatic heterocycles. The number of anilines is 1. The fraction of sp³-hybridized carbons (Fsp3) is 0.821. The summed E-state index contributed by atoms with van der Waals surface area (Å²) < 4.78 is 0. The summed E-state index contributed by atoms with van der Waals surface area (Å²) in [5.41, 5.74) is 0.450. The lowest BCUT2D eigenvalue weighted by Crippen LogP contribution is -2.50.